The number of rotatable bonds is 4. The van der Waals surface area contributed by atoms with Crippen LogP contribution in [0.25, 0.3) is 0 Å². The molecule has 24 heavy (non-hydrogen) atoms. The highest BCUT2D eigenvalue weighted by atomic mass is 79.9. The molecule has 0 spiro atoms. The minimum absolute atomic E-state index is 0.335. The number of esters is 2. The molecule has 1 heterocycles. The Labute approximate surface area is 153 Å². The number of thiazole rings is 1. The predicted octanol–water partition coefficient (Wildman–Crippen LogP) is 4.24. The first-order chi connectivity index (χ1) is 11.2. The van der Waals surface area contributed by atoms with E-state index in [2.05, 4.69) is 20.9 Å². The van der Waals surface area contributed by atoms with Crippen LogP contribution in [0.1, 0.15) is 52.1 Å². The van der Waals surface area contributed by atoms with E-state index in [1.165, 1.54) is 18.4 Å². The van der Waals surface area contributed by atoms with E-state index in [1.807, 2.05) is 32.9 Å². The lowest BCUT2D eigenvalue weighted by Crippen LogP contribution is -2.24. The van der Waals surface area contributed by atoms with Gasteiger partial charge in [0, 0.05) is 6.42 Å². The first-order valence-corrected chi connectivity index (χ1v) is 8.87. The molecule has 5 nitrogen and oxygen atoms in total. The molecule has 0 aliphatic heterocycles. The van der Waals surface area contributed by atoms with Crippen LogP contribution in [0.2, 0.25) is 0 Å². The van der Waals surface area contributed by atoms with Crippen molar-refractivity contribution in [3.05, 3.63) is 49.9 Å². The lowest BCUT2D eigenvalue weighted by molar-refractivity contribution is 0.00738. The quantitative estimate of drug-likeness (QED) is 0.703. The molecular weight excluding hydrogens is 394 g/mol. The van der Waals surface area contributed by atoms with Crippen molar-refractivity contribution in [1.82, 2.24) is 4.98 Å². The number of nitrogens with zero attached hydrogens (tertiary/aromatic N) is 1. The minimum atomic E-state index is -0.589. The number of hydrogen-bond acceptors (Lipinski definition) is 6. The average Bonchev–Trinajstić information content (AvgIpc) is 2.86. The molecule has 2 aromatic rings. The number of carbonyl (C=O) groups excluding carboxylic acids is 2. The molecule has 0 saturated carbocycles. The molecule has 0 atom stereocenters. The fourth-order valence-corrected chi connectivity index (χ4v) is 3.48. The van der Waals surface area contributed by atoms with Gasteiger partial charge < -0.3 is 9.47 Å². The summed E-state index contributed by atoms with van der Waals surface area (Å²) in [5.41, 5.74) is 1.18. The van der Waals surface area contributed by atoms with Crippen LogP contribution < -0.4 is 0 Å². The third-order valence-electron chi connectivity index (χ3n) is 3.04. The summed E-state index contributed by atoms with van der Waals surface area (Å²) >= 11 is 4.53. The van der Waals surface area contributed by atoms with Gasteiger partial charge >= 0.3 is 11.9 Å². The summed E-state index contributed by atoms with van der Waals surface area (Å²) in [6.07, 6.45) is 0.335. The van der Waals surface area contributed by atoms with E-state index in [1.54, 1.807) is 12.1 Å². The van der Waals surface area contributed by atoms with Crippen LogP contribution in [-0.4, -0.2) is 29.6 Å². The third-order valence-corrected chi connectivity index (χ3v) is 4.57. The molecule has 0 unspecified atom stereocenters. The average molecular weight is 412 g/mol. The van der Waals surface area contributed by atoms with E-state index in [0.29, 0.717) is 26.5 Å². The van der Waals surface area contributed by atoms with Gasteiger partial charge in [0.15, 0.2) is 3.92 Å². The topological polar surface area (TPSA) is 65.5 Å². The standard InChI is InChI=1S/C17H18BrNO4S/c1-17(2,3)23-15(21)13-12(19-16(18)24-13)9-10-7-5-6-8-11(10)14(20)22-4/h5-8H,9H2,1-4H3. The molecule has 0 radical (unpaired) electrons. The fourth-order valence-electron chi connectivity index (χ4n) is 2.09. The summed E-state index contributed by atoms with van der Waals surface area (Å²) in [6, 6.07) is 7.10. The molecule has 0 aliphatic carbocycles. The van der Waals surface area contributed by atoms with Crippen LogP contribution in [-0.2, 0) is 15.9 Å². The molecule has 128 valence electrons. The van der Waals surface area contributed by atoms with E-state index in [0.717, 1.165) is 5.56 Å². The summed E-state index contributed by atoms with van der Waals surface area (Å²) in [6.45, 7) is 5.44. The molecular formula is C17H18BrNO4S. The van der Waals surface area contributed by atoms with Gasteiger partial charge in [-0.2, -0.15) is 0 Å². The van der Waals surface area contributed by atoms with Gasteiger partial charge in [-0.3, -0.25) is 0 Å². The molecule has 0 bridgehead atoms. The Morgan fingerprint density at radius 2 is 1.88 bits per heavy atom. The van der Waals surface area contributed by atoms with Gasteiger partial charge in [0.2, 0.25) is 0 Å². The molecule has 1 aromatic heterocycles. The highest BCUT2D eigenvalue weighted by Gasteiger charge is 2.24. The lowest BCUT2D eigenvalue weighted by Gasteiger charge is -2.19. The number of hydrogen-bond donors (Lipinski definition) is 0. The molecule has 0 saturated heterocycles. The Morgan fingerprint density at radius 3 is 2.50 bits per heavy atom. The normalized spacial score (nSPS) is 11.2. The minimum Gasteiger partial charge on any atom is -0.465 e. The predicted molar refractivity (Wildman–Crippen MR) is 95.6 cm³/mol. The van der Waals surface area contributed by atoms with Crippen LogP contribution in [0, 0.1) is 0 Å². The molecule has 7 heteroatoms. The molecule has 0 fully saturated rings. The molecule has 2 rings (SSSR count). The van der Waals surface area contributed by atoms with Crippen LogP contribution in [0.4, 0.5) is 0 Å². The van der Waals surface area contributed by atoms with E-state index >= 15 is 0 Å². The summed E-state index contributed by atoms with van der Waals surface area (Å²) in [5, 5.41) is 0. The van der Waals surface area contributed by atoms with E-state index < -0.39 is 17.5 Å². The van der Waals surface area contributed by atoms with Crippen molar-refractivity contribution in [2.24, 2.45) is 0 Å². The number of methoxy groups -OCH3 is 1. The second-order valence-corrected chi connectivity index (χ2v) is 8.35. The second kappa shape index (κ2) is 7.44. The van der Waals surface area contributed by atoms with Crippen molar-refractivity contribution < 1.29 is 19.1 Å². The van der Waals surface area contributed by atoms with Gasteiger partial charge in [-0.25, -0.2) is 14.6 Å². The van der Waals surface area contributed by atoms with E-state index in [9.17, 15) is 9.59 Å². The number of aromatic nitrogens is 1. The largest absolute Gasteiger partial charge is 0.465 e. The van der Waals surface area contributed by atoms with Gasteiger partial charge in [-0.15, -0.1) is 0 Å². The highest BCUT2D eigenvalue weighted by molar-refractivity contribution is 9.11. The maximum atomic E-state index is 12.4. The number of ether oxygens (including phenoxy) is 2. The van der Waals surface area contributed by atoms with E-state index in [4.69, 9.17) is 9.47 Å². The highest BCUT2D eigenvalue weighted by Crippen LogP contribution is 2.28. The zero-order chi connectivity index (χ0) is 17.9. The van der Waals surface area contributed by atoms with Gasteiger partial charge in [-0.1, -0.05) is 29.5 Å². The monoisotopic (exact) mass is 411 g/mol. The Morgan fingerprint density at radius 1 is 1.21 bits per heavy atom. The summed E-state index contributed by atoms with van der Waals surface area (Å²) in [4.78, 5) is 29.1. The Bertz CT molecular complexity index is 764. The van der Waals surface area contributed by atoms with Crippen molar-refractivity contribution in [3.63, 3.8) is 0 Å². The smallest absolute Gasteiger partial charge is 0.350 e. The van der Waals surface area contributed by atoms with Gasteiger partial charge in [-0.05, 0) is 48.3 Å². The molecule has 0 N–H and O–H groups in total. The molecule has 0 amide bonds. The summed E-state index contributed by atoms with van der Waals surface area (Å²) in [7, 11) is 1.34. The van der Waals surface area contributed by atoms with Crippen molar-refractivity contribution >= 4 is 39.2 Å². The zero-order valence-corrected chi connectivity index (χ0v) is 16.3. The van der Waals surface area contributed by atoms with Crippen LogP contribution in [0.3, 0.4) is 0 Å². The maximum Gasteiger partial charge on any atom is 0.350 e. The lowest BCUT2D eigenvalue weighted by atomic mass is 10.0. The SMILES string of the molecule is COC(=O)c1ccccc1Cc1nc(Br)sc1C(=O)OC(C)(C)C. The van der Waals surface area contributed by atoms with Crippen molar-refractivity contribution in [1.29, 1.82) is 0 Å². The van der Waals surface area contributed by atoms with Crippen molar-refractivity contribution in [2.75, 3.05) is 7.11 Å². The van der Waals surface area contributed by atoms with Crippen molar-refractivity contribution in [3.8, 4) is 0 Å². The zero-order valence-electron chi connectivity index (χ0n) is 13.9. The van der Waals surface area contributed by atoms with Gasteiger partial charge in [0.05, 0.1) is 18.4 Å². The third kappa shape index (κ3) is 4.64. The van der Waals surface area contributed by atoms with Gasteiger partial charge in [0.1, 0.15) is 10.5 Å². The molecule has 1 aromatic carbocycles. The maximum absolute atomic E-state index is 12.4. The summed E-state index contributed by atoms with van der Waals surface area (Å²) in [5.74, 6) is -0.838. The first-order valence-electron chi connectivity index (χ1n) is 7.26. The Hall–Kier alpha value is -1.73. The van der Waals surface area contributed by atoms with Crippen LogP contribution in [0.15, 0.2) is 28.2 Å². The second-order valence-electron chi connectivity index (χ2n) is 6.07. The van der Waals surface area contributed by atoms with Gasteiger partial charge in [0.25, 0.3) is 0 Å². The Kier molecular flexibility index (Phi) is 5.77. The summed E-state index contributed by atoms with van der Waals surface area (Å²) < 4.78 is 10.8. The van der Waals surface area contributed by atoms with Crippen LogP contribution >= 0.6 is 27.3 Å². The Balaban J connectivity index is 2.35. The fraction of sp³-hybridized carbons (Fsp3) is 0.353. The first kappa shape index (κ1) is 18.6. The number of benzene rings is 1. The van der Waals surface area contributed by atoms with Crippen molar-refractivity contribution in [2.45, 2.75) is 32.8 Å². The van der Waals surface area contributed by atoms with Crippen LogP contribution in [0.5, 0.6) is 0 Å². The molecule has 0 aliphatic rings. The number of halogens is 1. The number of carbonyl (C=O) groups is 2. The van der Waals surface area contributed by atoms with E-state index in [-0.39, 0.29) is 0 Å².